The van der Waals surface area contributed by atoms with Crippen LogP contribution in [-0.2, 0) is 12.8 Å². The number of benzene rings is 2. The van der Waals surface area contributed by atoms with Crippen LogP contribution in [-0.4, -0.2) is 10.2 Å². The van der Waals surface area contributed by atoms with Crippen LogP contribution in [0, 0.1) is 0 Å². The van der Waals surface area contributed by atoms with Gasteiger partial charge in [0.2, 0.25) is 0 Å². The van der Waals surface area contributed by atoms with Gasteiger partial charge < -0.3 is 10.2 Å². The van der Waals surface area contributed by atoms with Gasteiger partial charge in [0, 0.05) is 12.0 Å². The van der Waals surface area contributed by atoms with E-state index < -0.39 is 0 Å². The van der Waals surface area contributed by atoms with Crippen LogP contribution in [0.15, 0.2) is 42.5 Å². The van der Waals surface area contributed by atoms with Crippen molar-refractivity contribution in [3.63, 3.8) is 0 Å². The molecule has 2 aromatic rings. The van der Waals surface area contributed by atoms with E-state index in [1.54, 1.807) is 18.2 Å². The maximum Gasteiger partial charge on any atom is 0.119 e. The number of phenols is 2. The Balaban J connectivity index is 2.25. The van der Waals surface area contributed by atoms with Gasteiger partial charge in [-0.1, -0.05) is 37.6 Å². The monoisotopic (exact) mass is 256 g/mol. The second-order valence-corrected chi connectivity index (χ2v) is 4.86. The summed E-state index contributed by atoms with van der Waals surface area (Å²) in [4.78, 5) is 0. The van der Waals surface area contributed by atoms with E-state index in [-0.39, 0.29) is 5.75 Å². The summed E-state index contributed by atoms with van der Waals surface area (Å²) >= 11 is 0. The van der Waals surface area contributed by atoms with Crippen LogP contribution in [0.3, 0.4) is 0 Å². The highest BCUT2D eigenvalue weighted by atomic mass is 16.3. The summed E-state index contributed by atoms with van der Waals surface area (Å²) in [7, 11) is 0. The van der Waals surface area contributed by atoms with Gasteiger partial charge in [-0.2, -0.15) is 0 Å². The summed E-state index contributed by atoms with van der Waals surface area (Å²) < 4.78 is 0. The van der Waals surface area contributed by atoms with Gasteiger partial charge in [-0.25, -0.2) is 0 Å². The molecule has 2 nitrogen and oxygen atoms in total. The fourth-order valence-corrected chi connectivity index (χ4v) is 2.24. The van der Waals surface area contributed by atoms with Crippen LogP contribution in [0.1, 0.15) is 36.5 Å². The highest BCUT2D eigenvalue weighted by Crippen LogP contribution is 2.26. The van der Waals surface area contributed by atoms with Crippen LogP contribution >= 0.6 is 0 Å². The first-order chi connectivity index (χ1) is 9.20. The minimum Gasteiger partial charge on any atom is -0.508 e. The fourth-order valence-electron chi connectivity index (χ4n) is 2.24. The molecular formula is C17H20O2. The SMILES string of the molecule is CCCCc1cccc(O)c1Cc1ccc(O)cc1. The van der Waals surface area contributed by atoms with Gasteiger partial charge in [0.05, 0.1) is 0 Å². The zero-order valence-electron chi connectivity index (χ0n) is 11.3. The molecule has 2 N–H and O–H groups in total. The maximum absolute atomic E-state index is 10.1. The lowest BCUT2D eigenvalue weighted by molar-refractivity contribution is 0.468. The first kappa shape index (κ1) is 13.5. The summed E-state index contributed by atoms with van der Waals surface area (Å²) in [6.07, 6.45) is 3.98. The van der Waals surface area contributed by atoms with Crippen molar-refractivity contribution >= 4 is 0 Å². The van der Waals surface area contributed by atoms with Crippen molar-refractivity contribution in [3.8, 4) is 11.5 Å². The molecule has 2 heteroatoms. The summed E-state index contributed by atoms with van der Waals surface area (Å²) in [5.74, 6) is 0.633. The summed E-state index contributed by atoms with van der Waals surface area (Å²) in [5, 5.41) is 19.4. The minimum atomic E-state index is 0.271. The summed E-state index contributed by atoms with van der Waals surface area (Å²) in [6, 6.07) is 12.9. The Morgan fingerprint density at radius 1 is 0.947 bits per heavy atom. The number of phenolic OH excluding ortho intramolecular Hbond substituents is 2. The Kier molecular flexibility index (Phi) is 4.45. The van der Waals surface area contributed by atoms with E-state index in [0.717, 1.165) is 30.4 Å². The first-order valence-electron chi connectivity index (χ1n) is 6.78. The normalized spacial score (nSPS) is 10.6. The third-order valence-corrected chi connectivity index (χ3v) is 3.37. The van der Waals surface area contributed by atoms with Crippen LogP contribution < -0.4 is 0 Å². The second-order valence-electron chi connectivity index (χ2n) is 4.86. The quantitative estimate of drug-likeness (QED) is 0.848. The number of hydrogen-bond acceptors (Lipinski definition) is 2. The zero-order valence-corrected chi connectivity index (χ0v) is 11.3. The van der Waals surface area contributed by atoms with Crippen molar-refractivity contribution < 1.29 is 10.2 Å². The molecule has 0 bridgehead atoms. The van der Waals surface area contributed by atoms with Crippen molar-refractivity contribution in [1.29, 1.82) is 0 Å². The van der Waals surface area contributed by atoms with Gasteiger partial charge in [0.15, 0.2) is 0 Å². The molecule has 2 rings (SSSR count). The van der Waals surface area contributed by atoms with Crippen LogP contribution in [0.5, 0.6) is 11.5 Å². The van der Waals surface area contributed by atoms with E-state index in [1.165, 1.54) is 5.56 Å². The standard InChI is InChI=1S/C17H20O2/c1-2-3-5-14-6-4-7-17(19)16(14)12-13-8-10-15(18)11-9-13/h4,6-11,18-19H,2-3,5,12H2,1H3. The number of aryl methyl sites for hydroxylation is 1. The second kappa shape index (κ2) is 6.28. The lowest BCUT2D eigenvalue weighted by Crippen LogP contribution is -1.96. The van der Waals surface area contributed by atoms with Gasteiger partial charge in [0.25, 0.3) is 0 Å². The van der Waals surface area contributed by atoms with Crippen molar-refractivity contribution in [2.75, 3.05) is 0 Å². The van der Waals surface area contributed by atoms with E-state index in [1.807, 2.05) is 18.2 Å². The number of unbranched alkanes of at least 4 members (excludes halogenated alkanes) is 1. The molecule has 0 radical (unpaired) electrons. The number of aromatic hydroxyl groups is 2. The average Bonchev–Trinajstić information content (AvgIpc) is 2.42. The average molecular weight is 256 g/mol. The predicted molar refractivity (Wildman–Crippen MR) is 77.6 cm³/mol. The molecule has 0 aliphatic heterocycles. The van der Waals surface area contributed by atoms with E-state index in [9.17, 15) is 10.2 Å². The van der Waals surface area contributed by atoms with Gasteiger partial charge >= 0.3 is 0 Å². The lowest BCUT2D eigenvalue weighted by atomic mass is 9.95. The van der Waals surface area contributed by atoms with E-state index in [0.29, 0.717) is 12.2 Å². The first-order valence-corrected chi connectivity index (χ1v) is 6.78. The third-order valence-electron chi connectivity index (χ3n) is 3.37. The van der Waals surface area contributed by atoms with Crippen molar-refractivity contribution in [2.45, 2.75) is 32.6 Å². The molecule has 0 aliphatic carbocycles. The molecule has 2 aromatic carbocycles. The fraction of sp³-hybridized carbons (Fsp3) is 0.294. The molecule has 0 fully saturated rings. The maximum atomic E-state index is 10.1. The molecule has 0 atom stereocenters. The van der Waals surface area contributed by atoms with Gasteiger partial charge in [-0.05, 0) is 42.2 Å². The molecule has 100 valence electrons. The zero-order chi connectivity index (χ0) is 13.7. The van der Waals surface area contributed by atoms with Crippen LogP contribution in [0.4, 0.5) is 0 Å². The van der Waals surface area contributed by atoms with Crippen LogP contribution in [0.2, 0.25) is 0 Å². The molecule has 0 unspecified atom stereocenters. The number of rotatable bonds is 5. The van der Waals surface area contributed by atoms with Crippen molar-refractivity contribution in [1.82, 2.24) is 0 Å². The van der Waals surface area contributed by atoms with E-state index >= 15 is 0 Å². The van der Waals surface area contributed by atoms with Crippen molar-refractivity contribution in [2.24, 2.45) is 0 Å². The molecule has 0 aliphatic rings. The molecule has 0 amide bonds. The largest absolute Gasteiger partial charge is 0.508 e. The smallest absolute Gasteiger partial charge is 0.119 e. The predicted octanol–water partition coefficient (Wildman–Crippen LogP) is 4.03. The topological polar surface area (TPSA) is 40.5 Å². The molecule has 0 saturated heterocycles. The molecule has 0 aromatic heterocycles. The summed E-state index contributed by atoms with van der Waals surface area (Å²) in [6.45, 7) is 2.17. The molecule has 0 heterocycles. The Morgan fingerprint density at radius 3 is 2.37 bits per heavy atom. The van der Waals surface area contributed by atoms with Gasteiger partial charge in [-0.3, -0.25) is 0 Å². The molecule has 19 heavy (non-hydrogen) atoms. The molecule has 0 saturated carbocycles. The Labute approximate surface area is 114 Å². The lowest BCUT2D eigenvalue weighted by Gasteiger charge is -2.11. The van der Waals surface area contributed by atoms with E-state index in [2.05, 4.69) is 13.0 Å². The third kappa shape index (κ3) is 3.50. The van der Waals surface area contributed by atoms with Gasteiger partial charge in [-0.15, -0.1) is 0 Å². The minimum absolute atomic E-state index is 0.271. The Bertz CT molecular complexity index is 529. The number of hydrogen-bond donors (Lipinski definition) is 2. The van der Waals surface area contributed by atoms with Crippen molar-refractivity contribution in [3.05, 3.63) is 59.2 Å². The molecule has 0 spiro atoms. The van der Waals surface area contributed by atoms with Gasteiger partial charge in [0.1, 0.15) is 11.5 Å². The highest BCUT2D eigenvalue weighted by Gasteiger charge is 2.08. The Morgan fingerprint density at radius 2 is 1.68 bits per heavy atom. The van der Waals surface area contributed by atoms with E-state index in [4.69, 9.17) is 0 Å². The highest BCUT2D eigenvalue weighted by molar-refractivity contribution is 5.43. The molecular weight excluding hydrogens is 236 g/mol. The van der Waals surface area contributed by atoms with Crippen LogP contribution in [0.25, 0.3) is 0 Å². The summed E-state index contributed by atoms with van der Waals surface area (Å²) in [5.41, 5.74) is 3.31. The Hall–Kier alpha value is -1.96.